The van der Waals surface area contributed by atoms with Gasteiger partial charge in [0, 0.05) is 0 Å². The molecule has 0 aromatic heterocycles. The molecule has 0 spiro atoms. The first-order valence-corrected chi connectivity index (χ1v) is 11.9. The summed E-state index contributed by atoms with van der Waals surface area (Å²) in [5.74, 6) is 0.202. The summed E-state index contributed by atoms with van der Waals surface area (Å²) in [5.41, 5.74) is 0. The second kappa shape index (κ2) is 20.8. The molecule has 0 bridgehead atoms. The third-order valence-electron chi connectivity index (χ3n) is 5.43. The van der Waals surface area contributed by atoms with E-state index in [0.717, 1.165) is 12.8 Å². The molecule has 0 aromatic carbocycles. The number of hydrogen-bond acceptors (Lipinski definition) is 2. The Bertz CT molecular complexity index is 268. The van der Waals surface area contributed by atoms with Gasteiger partial charge in [-0.05, 0) is 19.8 Å². The van der Waals surface area contributed by atoms with E-state index < -0.39 is 0 Å². The fourth-order valence-electron chi connectivity index (χ4n) is 3.69. The summed E-state index contributed by atoms with van der Waals surface area (Å²) in [6, 6.07) is 0. The van der Waals surface area contributed by atoms with Gasteiger partial charge in [-0.1, -0.05) is 117 Å². The average molecular weight is 369 g/mol. The molecular weight excluding hydrogens is 320 g/mol. The van der Waals surface area contributed by atoms with Crippen molar-refractivity contribution in [2.75, 3.05) is 6.61 Å². The van der Waals surface area contributed by atoms with Crippen molar-refractivity contribution in [1.29, 1.82) is 0 Å². The van der Waals surface area contributed by atoms with Crippen LogP contribution < -0.4 is 0 Å². The molecule has 0 amide bonds. The average Bonchev–Trinajstić information content (AvgIpc) is 2.64. The third kappa shape index (κ3) is 16.9. The number of hydrogen-bond donors (Lipinski definition) is 0. The van der Waals surface area contributed by atoms with Crippen LogP contribution in [0.1, 0.15) is 136 Å². The van der Waals surface area contributed by atoms with Gasteiger partial charge in [0.15, 0.2) is 0 Å². The largest absolute Gasteiger partial charge is 0.466 e. The maximum Gasteiger partial charge on any atom is 0.308 e. The third-order valence-corrected chi connectivity index (χ3v) is 5.43. The lowest BCUT2D eigenvalue weighted by Gasteiger charge is -2.15. The van der Waals surface area contributed by atoms with Crippen molar-refractivity contribution < 1.29 is 9.53 Å². The van der Waals surface area contributed by atoms with Crippen LogP contribution in [0.15, 0.2) is 0 Å². The van der Waals surface area contributed by atoms with Gasteiger partial charge >= 0.3 is 5.97 Å². The van der Waals surface area contributed by atoms with Gasteiger partial charge in [-0.3, -0.25) is 4.79 Å². The van der Waals surface area contributed by atoms with Gasteiger partial charge in [0.05, 0.1) is 12.5 Å². The molecule has 156 valence electrons. The van der Waals surface area contributed by atoms with Crippen LogP contribution >= 0.6 is 0 Å². The summed E-state index contributed by atoms with van der Waals surface area (Å²) in [7, 11) is 0. The second-order valence-corrected chi connectivity index (χ2v) is 7.98. The Kier molecular flexibility index (Phi) is 20.4. The van der Waals surface area contributed by atoms with E-state index in [9.17, 15) is 4.79 Å². The molecule has 0 heterocycles. The molecule has 0 saturated heterocycles. The van der Waals surface area contributed by atoms with Crippen LogP contribution in [0.3, 0.4) is 0 Å². The Morgan fingerprint density at radius 1 is 0.577 bits per heavy atom. The molecule has 0 atom stereocenters. The Morgan fingerprint density at radius 2 is 0.923 bits per heavy atom. The van der Waals surface area contributed by atoms with Crippen LogP contribution in [0.2, 0.25) is 0 Å². The summed E-state index contributed by atoms with van der Waals surface area (Å²) in [5, 5.41) is 0. The Morgan fingerprint density at radius 3 is 1.27 bits per heavy atom. The molecule has 0 aliphatic carbocycles. The van der Waals surface area contributed by atoms with E-state index in [4.69, 9.17) is 4.74 Å². The first-order valence-electron chi connectivity index (χ1n) is 11.9. The molecule has 0 unspecified atom stereocenters. The van der Waals surface area contributed by atoms with E-state index in [0.29, 0.717) is 6.61 Å². The quantitative estimate of drug-likeness (QED) is 0.160. The molecule has 0 rings (SSSR count). The monoisotopic (exact) mass is 368 g/mol. The second-order valence-electron chi connectivity index (χ2n) is 7.98. The van der Waals surface area contributed by atoms with Gasteiger partial charge in [-0.15, -0.1) is 0 Å². The first kappa shape index (κ1) is 25.5. The fraction of sp³-hybridized carbons (Fsp3) is 0.958. The van der Waals surface area contributed by atoms with Crippen molar-refractivity contribution in [3.8, 4) is 0 Å². The van der Waals surface area contributed by atoms with Gasteiger partial charge < -0.3 is 4.74 Å². The van der Waals surface area contributed by atoms with E-state index in [1.807, 2.05) is 6.92 Å². The molecule has 2 nitrogen and oxygen atoms in total. The molecular formula is C24H48O2. The number of unbranched alkanes of at least 4 members (excludes halogenated alkanes) is 14. The van der Waals surface area contributed by atoms with Gasteiger partial charge in [0.25, 0.3) is 0 Å². The van der Waals surface area contributed by atoms with Crippen molar-refractivity contribution in [1.82, 2.24) is 0 Å². The van der Waals surface area contributed by atoms with Crippen LogP contribution in [-0.4, -0.2) is 12.6 Å². The smallest absolute Gasteiger partial charge is 0.308 e. The zero-order valence-corrected chi connectivity index (χ0v) is 18.3. The van der Waals surface area contributed by atoms with Gasteiger partial charge in [0.1, 0.15) is 0 Å². The lowest BCUT2D eigenvalue weighted by Crippen LogP contribution is -2.18. The number of esters is 1. The lowest BCUT2D eigenvalue weighted by atomic mass is 9.94. The SMILES string of the molecule is CCCCCCCCCCC(CCCCCCCCCC)C(=O)OCC. The van der Waals surface area contributed by atoms with Crippen LogP contribution in [-0.2, 0) is 9.53 Å². The van der Waals surface area contributed by atoms with Crippen molar-refractivity contribution >= 4 is 5.97 Å². The molecule has 0 radical (unpaired) electrons. The Hall–Kier alpha value is -0.530. The molecule has 0 N–H and O–H groups in total. The number of ether oxygens (including phenoxy) is 1. The summed E-state index contributed by atoms with van der Waals surface area (Å²) >= 11 is 0. The standard InChI is InChI=1S/C24H48O2/c1-4-7-9-11-13-15-17-19-21-23(24(25)26-6-3)22-20-18-16-14-12-10-8-5-2/h23H,4-22H2,1-3H3. The van der Waals surface area contributed by atoms with Gasteiger partial charge in [-0.2, -0.15) is 0 Å². The minimum Gasteiger partial charge on any atom is -0.466 e. The predicted molar refractivity (Wildman–Crippen MR) is 115 cm³/mol. The molecule has 26 heavy (non-hydrogen) atoms. The highest BCUT2D eigenvalue weighted by Gasteiger charge is 2.18. The highest BCUT2D eigenvalue weighted by atomic mass is 16.5. The maximum atomic E-state index is 12.2. The van der Waals surface area contributed by atoms with Crippen molar-refractivity contribution in [2.45, 2.75) is 136 Å². The minimum atomic E-state index is 0.0541. The van der Waals surface area contributed by atoms with E-state index in [1.165, 1.54) is 103 Å². The summed E-state index contributed by atoms with van der Waals surface area (Å²) in [6.07, 6.45) is 23.3. The van der Waals surface area contributed by atoms with E-state index in [1.54, 1.807) is 0 Å². The van der Waals surface area contributed by atoms with Crippen LogP contribution in [0.25, 0.3) is 0 Å². The zero-order chi connectivity index (χ0) is 19.3. The van der Waals surface area contributed by atoms with E-state index in [-0.39, 0.29) is 11.9 Å². The summed E-state index contributed by atoms with van der Waals surface area (Å²) in [4.78, 5) is 12.2. The summed E-state index contributed by atoms with van der Waals surface area (Å²) in [6.45, 7) is 6.97. The number of carbonyl (C=O) groups is 1. The lowest BCUT2D eigenvalue weighted by molar-refractivity contribution is -0.148. The number of carbonyl (C=O) groups excluding carboxylic acids is 1. The zero-order valence-electron chi connectivity index (χ0n) is 18.3. The fourth-order valence-corrected chi connectivity index (χ4v) is 3.69. The molecule has 0 aromatic rings. The van der Waals surface area contributed by atoms with E-state index in [2.05, 4.69) is 13.8 Å². The van der Waals surface area contributed by atoms with Gasteiger partial charge in [0.2, 0.25) is 0 Å². The van der Waals surface area contributed by atoms with E-state index >= 15 is 0 Å². The normalized spacial score (nSPS) is 11.2. The van der Waals surface area contributed by atoms with Crippen LogP contribution in [0, 0.1) is 5.92 Å². The molecule has 0 aliphatic heterocycles. The molecule has 0 aliphatic rings. The highest BCUT2D eigenvalue weighted by Crippen LogP contribution is 2.21. The number of rotatable bonds is 20. The first-order chi connectivity index (χ1) is 12.8. The van der Waals surface area contributed by atoms with Crippen molar-refractivity contribution in [3.05, 3.63) is 0 Å². The summed E-state index contributed by atoms with van der Waals surface area (Å²) < 4.78 is 5.31. The van der Waals surface area contributed by atoms with Gasteiger partial charge in [-0.25, -0.2) is 0 Å². The maximum absolute atomic E-state index is 12.2. The highest BCUT2D eigenvalue weighted by molar-refractivity contribution is 5.72. The van der Waals surface area contributed by atoms with Crippen molar-refractivity contribution in [3.63, 3.8) is 0 Å². The molecule has 2 heteroatoms. The Balaban J connectivity index is 3.76. The molecule has 0 fully saturated rings. The van der Waals surface area contributed by atoms with Crippen molar-refractivity contribution in [2.24, 2.45) is 5.92 Å². The topological polar surface area (TPSA) is 26.3 Å². The minimum absolute atomic E-state index is 0.0541. The Labute approximate surface area is 164 Å². The predicted octanol–water partition coefficient (Wildman–Crippen LogP) is 8.23. The van der Waals surface area contributed by atoms with Crippen LogP contribution in [0.4, 0.5) is 0 Å². The van der Waals surface area contributed by atoms with Crippen LogP contribution in [0.5, 0.6) is 0 Å². The molecule has 0 saturated carbocycles.